The first-order valence-electron chi connectivity index (χ1n) is 7.83. The summed E-state index contributed by atoms with van der Waals surface area (Å²) in [6, 6.07) is -0.431. The first kappa shape index (κ1) is 18.4. The van der Waals surface area contributed by atoms with Gasteiger partial charge in [0.2, 0.25) is 0 Å². The van der Waals surface area contributed by atoms with Crippen molar-refractivity contribution in [3.05, 3.63) is 34.4 Å². The molecule has 4 N–H and O–H groups in total. The molecular formula is C15H17N9O2S. The second-order valence-corrected chi connectivity index (χ2v) is 6.63. The maximum absolute atomic E-state index is 12.6. The lowest BCUT2D eigenvalue weighted by Crippen LogP contribution is -2.36. The number of rotatable bonds is 4. The fourth-order valence-electron chi connectivity index (χ4n) is 2.31. The van der Waals surface area contributed by atoms with Gasteiger partial charge in [0.15, 0.2) is 17.3 Å². The summed E-state index contributed by atoms with van der Waals surface area (Å²) in [5.74, 6) is -0.782. The number of fused-ring (bicyclic) bond motifs is 1. The van der Waals surface area contributed by atoms with Crippen molar-refractivity contribution in [2.75, 3.05) is 7.05 Å². The van der Waals surface area contributed by atoms with E-state index in [0.29, 0.717) is 21.0 Å². The lowest BCUT2D eigenvalue weighted by Gasteiger charge is -2.11. The minimum Gasteiger partial charge on any atom is -0.370 e. The van der Waals surface area contributed by atoms with E-state index < -0.39 is 11.9 Å². The molecule has 1 unspecified atom stereocenters. The van der Waals surface area contributed by atoms with Gasteiger partial charge in [-0.15, -0.1) is 11.3 Å². The number of guanidine groups is 1. The number of nitrogens with one attached hydrogen (secondary N) is 2. The SMILES string of the molecule is CN=C(N)NC(=O)c1cnc(C(C)NC(=O)c2ncnc3ncn(C)c23)s1. The van der Waals surface area contributed by atoms with E-state index in [1.165, 1.54) is 19.6 Å². The zero-order valence-corrected chi connectivity index (χ0v) is 15.6. The van der Waals surface area contributed by atoms with Crippen LogP contribution in [0.25, 0.3) is 11.2 Å². The molecule has 0 aliphatic rings. The summed E-state index contributed by atoms with van der Waals surface area (Å²) in [5.41, 5.74) is 6.68. The van der Waals surface area contributed by atoms with E-state index in [1.807, 2.05) is 0 Å². The third kappa shape index (κ3) is 3.74. The lowest BCUT2D eigenvalue weighted by molar-refractivity contribution is 0.0934. The molecule has 0 spiro atoms. The maximum atomic E-state index is 12.6. The topological polar surface area (TPSA) is 153 Å². The number of hydrogen-bond donors (Lipinski definition) is 3. The molecular weight excluding hydrogens is 370 g/mol. The number of carbonyl (C=O) groups is 2. The van der Waals surface area contributed by atoms with E-state index in [2.05, 4.69) is 35.6 Å². The monoisotopic (exact) mass is 387 g/mol. The fourth-order valence-corrected chi connectivity index (χ4v) is 3.12. The van der Waals surface area contributed by atoms with E-state index in [9.17, 15) is 9.59 Å². The van der Waals surface area contributed by atoms with Gasteiger partial charge in [0.05, 0.1) is 18.6 Å². The van der Waals surface area contributed by atoms with Crippen molar-refractivity contribution in [1.29, 1.82) is 0 Å². The Hall–Kier alpha value is -3.41. The number of aryl methyl sites for hydroxylation is 1. The van der Waals surface area contributed by atoms with Crippen LogP contribution in [-0.4, -0.2) is 49.3 Å². The molecule has 3 rings (SSSR count). The van der Waals surface area contributed by atoms with Crippen molar-refractivity contribution < 1.29 is 9.59 Å². The van der Waals surface area contributed by atoms with Gasteiger partial charge in [-0.2, -0.15) is 0 Å². The van der Waals surface area contributed by atoms with Crippen molar-refractivity contribution in [2.45, 2.75) is 13.0 Å². The van der Waals surface area contributed by atoms with E-state index in [1.54, 1.807) is 24.9 Å². The van der Waals surface area contributed by atoms with Crippen LogP contribution in [0.5, 0.6) is 0 Å². The summed E-state index contributed by atoms with van der Waals surface area (Å²) in [4.78, 5) is 45.1. The van der Waals surface area contributed by atoms with Gasteiger partial charge < -0.3 is 15.6 Å². The van der Waals surface area contributed by atoms with Gasteiger partial charge in [-0.05, 0) is 6.92 Å². The number of aromatic nitrogens is 5. The van der Waals surface area contributed by atoms with Crippen LogP contribution >= 0.6 is 11.3 Å². The van der Waals surface area contributed by atoms with Crippen LogP contribution in [0.15, 0.2) is 23.8 Å². The van der Waals surface area contributed by atoms with Crippen LogP contribution < -0.4 is 16.4 Å². The second-order valence-electron chi connectivity index (χ2n) is 5.57. The van der Waals surface area contributed by atoms with Gasteiger partial charge in [-0.25, -0.2) is 19.9 Å². The van der Waals surface area contributed by atoms with Gasteiger partial charge in [0.25, 0.3) is 11.8 Å². The highest BCUT2D eigenvalue weighted by molar-refractivity contribution is 7.13. The molecule has 0 bridgehead atoms. The summed E-state index contributed by atoms with van der Waals surface area (Å²) in [6.07, 6.45) is 4.28. The molecule has 0 aromatic carbocycles. The third-order valence-corrected chi connectivity index (χ3v) is 4.85. The van der Waals surface area contributed by atoms with Crippen LogP contribution in [0.4, 0.5) is 0 Å². The van der Waals surface area contributed by atoms with Crippen LogP contribution in [-0.2, 0) is 7.05 Å². The van der Waals surface area contributed by atoms with Crippen LogP contribution in [0.3, 0.4) is 0 Å². The Bertz CT molecular complexity index is 1040. The molecule has 3 aromatic heterocycles. The van der Waals surface area contributed by atoms with Gasteiger partial charge >= 0.3 is 0 Å². The number of nitrogens with two attached hydrogens (primary N) is 1. The van der Waals surface area contributed by atoms with E-state index in [4.69, 9.17) is 5.73 Å². The van der Waals surface area contributed by atoms with Gasteiger partial charge in [-0.1, -0.05) is 0 Å². The Morgan fingerprint density at radius 1 is 1.26 bits per heavy atom. The van der Waals surface area contributed by atoms with Crippen molar-refractivity contribution in [3.8, 4) is 0 Å². The summed E-state index contributed by atoms with van der Waals surface area (Å²) in [7, 11) is 3.23. The standard InChI is InChI=1S/C15H17N9O2S/c1-7(14-18-4-8(27-14)12(25)23-15(16)17-2)22-13(26)9-10-11(20-5-19-9)21-6-24(10)3/h4-7H,1-3H3,(H,22,26)(H3,16,17,23,25). The molecule has 11 nitrogen and oxygen atoms in total. The van der Waals surface area contributed by atoms with Crippen molar-refractivity contribution in [3.63, 3.8) is 0 Å². The molecule has 0 radical (unpaired) electrons. The first-order valence-corrected chi connectivity index (χ1v) is 8.64. The second kappa shape index (κ2) is 7.45. The average Bonchev–Trinajstić information content (AvgIpc) is 3.29. The molecule has 140 valence electrons. The third-order valence-electron chi connectivity index (χ3n) is 3.67. The fraction of sp³-hybridized carbons (Fsp3) is 0.267. The molecule has 27 heavy (non-hydrogen) atoms. The minimum atomic E-state index is -0.431. The van der Waals surface area contributed by atoms with Crippen LogP contribution in [0, 0.1) is 0 Å². The molecule has 3 heterocycles. The van der Waals surface area contributed by atoms with Crippen LogP contribution in [0.1, 0.15) is 38.1 Å². The van der Waals surface area contributed by atoms with Crippen molar-refractivity contribution >= 4 is 40.3 Å². The highest BCUT2D eigenvalue weighted by atomic mass is 32.1. The van der Waals surface area contributed by atoms with Gasteiger partial charge in [-0.3, -0.25) is 19.9 Å². The highest BCUT2D eigenvalue weighted by Crippen LogP contribution is 2.21. The van der Waals surface area contributed by atoms with Gasteiger partial charge in [0.1, 0.15) is 21.7 Å². The van der Waals surface area contributed by atoms with Gasteiger partial charge in [0, 0.05) is 14.1 Å². The Labute approximate surface area is 157 Å². The van der Waals surface area contributed by atoms with E-state index >= 15 is 0 Å². The quantitative estimate of drug-likeness (QED) is 0.420. The number of imidazole rings is 1. The molecule has 12 heteroatoms. The largest absolute Gasteiger partial charge is 0.370 e. The minimum absolute atomic E-state index is 0.0141. The zero-order chi connectivity index (χ0) is 19.6. The zero-order valence-electron chi connectivity index (χ0n) is 14.8. The molecule has 2 amide bonds. The molecule has 0 saturated heterocycles. The molecule has 0 saturated carbocycles. The maximum Gasteiger partial charge on any atom is 0.272 e. The summed E-state index contributed by atoms with van der Waals surface area (Å²) in [6.45, 7) is 1.77. The number of thiazole rings is 1. The normalized spacial score (nSPS) is 12.8. The summed E-state index contributed by atoms with van der Waals surface area (Å²) < 4.78 is 1.68. The Morgan fingerprint density at radius 3 is 2.78 bits per heavy atom. The number of amides is 2. The smallest absolute Gasteiger partial charge is 0.272 e. The van der Waals surface area contributed by atoms with E-state index in [0.717, 1.165) is 11.3 Å². The number of hydrogen-bond acceptors (Lipinski definition) is 8. The Kier molecular flexibility index (Phi) is 5.07. The van der Waals surface area contributed by atoms with Crippen molar-refractivity contribution in [1.82, 2.24) is 35.1 Å². The van der Waals surface area contributed by atoms with Crippen molar-refractivity contribution in [2.24, 2.45) is 17.8 Å². The number of carbonyl (C=O) groups excluding carboxylic acids is 2. The molecule has 3 aromatic rings. The molecule has 0 aliphatic carbocycles. The average molecular weight is 387 g/mol. The number of aliphatic imine (C=N–C) groups is 1. The molecule has 0 aliphatic heterocycles. The summed E-state index contributed by atoms with van der Waals surface area (Å²) in [5, 5.41) is 5.82. The van der Waals surface area contributed by atoms with Crippen LogP contribution in [0.2, 0.25) is 0 Å². The van der Waals surface area contributed by atoms with E-state index in [-0.39, 0.29) is 17.6 Å². The Morgan fingerprint density at radius 2 is 2.04 bits per heavy atom. The highest BCUT2D eigenvalue weighted by Gasteiger charge is 2.21. The lowest BCUT2D eigenvalue weighted by atomic mass is 10.3. The predicted octanol–water partition coefficient (Wildman–Crippen LogP) is -0.0149. The Balaban J connectivity index is 1.75. The molecule has 0 fully saturated rings. The summed E-state index contributed by atoms with van der Waals surface area (Å²) >= 11 is 1.15. The predicted molar refractivity (Wildman–Crippen MR) is 99.3 cm³/mol. The first-order chi connectivity index (χ1) is 12.9. The molecule has 1 atom stereocenters. The number of nitrogens with zero attached hydrogens (tertiary/aromatic N) is 6.